The van der Waals surface area contributed by atoms with Crippen LogP contribution in [0.3, 0.4) is 0 Å². The quantitative estimate of drug-likeness (QED) is 0.471. The van der Waals surface area contributed by atoms with Gasteiger partial charge >= 0.3 is 0 Å². The smallest absolute Gasteiger partial charge is 0.258 e. The molecule has 0 aliphatic rings. The Balaban J connectivity index is 2.72. The van der Waals surface area contributed by atoms with Gasteiger partial charge in [0.15, 0.2) is 0 Å². The van der Waals surface area contributed by atoms with Crippen molar-refractivity contribution in [2.75, 3.05) is 0 Å². The van der Waals surface area contributed by atoms with Crippen molar-refractivity contribution in [1.29, 1.82) is 0 Å². The van der Waals surface area contributed by atoms with Crippen LogP contribution in [0.4, 0.5) is 5.69 Å². The fourth-order valence-electron chi connectivity index (χ4n) is 1.00. The first-order valence-corrected chi connectivity index (χ1v) is 3.36. The van der Waals surface area contributed by atoms with E-state index in [9.17, 15) is 15.3 Å². The number of hydrogen-bond donors (Lipinski definition) is 0. The van der Waals surface area contributed by atoms with E-state index in [4.69, 9.17) is 0 Å². The summed E-state index contributed by atoms with van der Waals surface area (Å²) >= 11 is 0. The molecule has 0 aliphatic heterocycles. The first-order valence-electron chi connectivity index (χ1n) is 3.36. The molecule has 2 rings (SSSR count). The third-order valence-electron chi connectivity index (χ3n) is 1.61. The van der Waals surface area contributed by atoms with E-state index in [0.29, 0.717) is 5.52 Å². The molecule has 0 aliphatic carbocycles. The van der Waals surface area contributed by atoms with Crippen LogP contribution >= 0.6 is 0 Å². The number of aromatic nitrogens is 3. The van der Waals surface area contributed by atoms with Crippen molar-refractivity contribution in [3.63, 3.8) is 0 Å². The Bertz CT molecular complexity index is 478. The van der Waals surface area contributed by atoms with Gasteiger partial charge in [0.05, 0.1) is 4.92 Å². The Kier molecular flexibility index (Phi) is 1.38. The van der Waals surface area contributed by atoms with Gasteiger partial charge in [0.1, 0.15) is 11.0 Å². The minimum Gasteiger partial charge on any atom is -0.258 e. The van der Waals surface area contributed by atoms with E-state index >= 15 is 0 Å². The van der Waals surface area contributed by atoms with Gasteiger partial charge in [-0.1, -0.05) is 0 Å². The average Bonchev–Trinajstić information content (AvgIpc) is 2.47. The lowest BCUT2D eigenvalue weighted by molar-refractivity contribution is -0.384. The highest BCUT2D eigenvalue weighted by molar-refractivity contribution is 5.76. The lowest BCUT2D eigenvalue weighted by Crippen LogP contribution is -1.91. The SMILES string of the molecule is [O]n1nnc2ccc([N+](=O)[O-])cc21. The third-order valence-corrected chi connectivity index (χ3v) is 1.61. The van der Waals surface area contributed by atoms with Crippen molar-refractivity contribution in [3.05, 3.63) is 28.3 Å². The van der Waals surface area contributed by atoms with Crippen molar-refractivity contribution in [1.82, 2.24) is 15.2 Å². The van der Waals surface area contributed by atoms with Crippen molar-refractivity contribution >= 4 is 16.7 Å². The molecule has 0 spiro atoms. The summed E-state index contributed by atoms with van der Waals surface area (Å²) in [5, 5.41) is 27.9. The van der Waals surface area contributed by atoms with E-state index < -0.39 is 4.92 Å². The number of nitrogens with zero attached hydrogens (tertiary/aromatic N) is 4. The monoisotopic (exact) mass is 179 g/mol. The molecule has 0 N–H and O–H groups in total. The van der Waals surface area contributed by atoms with Gasteiger partial charge in [0.2, 0.25) is 0 Å². The van der Waals surface area contributed by atoms with E-state index in [0.717, 1.165) is 6.07 Å². The lowest BCUT2D eigenvalue weighted by atomic mass is 10.3. The van der Waals surface area contributed by atoms with Crippen LogP contribution < -0.4 is 0 Å². The van der Waals surface area contributed by atoms with Crippen LogP contribution in [0.2, 0.25) is 0 Å². The largest absolute Gasteiger partial charge is 0.271 e. The zero-order valence-electron chi connectivity index (χ0n) is 6.25. The highest BCUT2D eigenvalue weighted by atomic mass is 16.6. The molecule has 0 bridgehead atoms. The van der Waals surface area contributed by atoms with Crippen molar-refractivity contribution < 1.29 is 10.1 Å². The summed E-state index contributed by atoms with van der Waals surface area (Å²) in [4.78, 5) is 10.0. The predicted molar refractivity (Wildman–Crippen MR) is 40.3 cm³/mol. The van der Waals surface area contributed by atoms with E-state index in [1.165, 1.54) is 12.1 Å². The molecular weight excluding hydrogens is 176 g/mol. The van der Waals surface area contributed by atoms with Crippen LogP contribution in [0.25, 0.3) is 11.0 Å². The molecule has 1 aromatic carbocycles. The van der Waals surface area contributed by atoms with Crippen LogP contribution in [0.15, 0.2) is 18.2 Å². The van der Waals surface area contributed by atoms with Crippen LogP contribution in [-0.4, -0.2) is 20.1 Å². The van der Waals surface area contributed by atoms with Crippen LogP contribution in [0.5, 0.6) is 0 Å². The Morgan fingerprint density at radius 3 is 2.92 bits per heavy atom. The van der Waals surface area contributed by atoms with Gasteiger partial charge in [-0.25, -0.2) is 0 Å². The fourth-order valence-corrected chi connectivity index (χ4v) is 1.00. The first kappa shape index (κ1) is 7.47. The van der Waals surface area contributed by atoms with Gasteiger partial charge in [0.25, 0.3) is 5.69 Å². The first-order chi connectivity index (χ1) is 6.18. The number of rotatable bonds is 1. The molecular formula is C6H3N4O3. The lowest BCUT2D eigenvalue weighted by Gasteiger charge is -1.89. The van der Waals surface area contributed by atoms with E-state index in [2.05, 4.69) is 10.3 Å². The normalized spacial score (nSPS) is 10.5. The van der Waals surface area contributed by atoms with E-state index in [1.54, 1.807) is 0 Å². The Morgan fingerprint density at radius 1 is 1.46 bits per heavy atom. The summed E-state index contributed by atoms with van der Waals surface area (Å²) in [7, 11) is 0. The fraction of sp³-hybridized carbons (Fsp3) is 0. The molecule has 0 amide bonds. The molecule has 0 saturated heterocycles. The molecule has 2 aromatic rings. The number of hydrogen-bond acceptors (Lipinski definition) is 4. The number of nitro groups is 1. The second-order valence-corrected chi connectivity index (χ2v) is 2.39. The topological polar surface area (TPSA) is 93.8 Å². The highest BCUT2D eigenvalue weighted by Gasteiger charge is 2.11. The van der Waals surface area contributed by atoms with Gasteiger partial charge in [-0.05, 0) is 16.1 Å². The van der Waals surface area contributed by atoms with E-state index in [1.807, 2.05) is 0 Å². The summed E-state index contributed by atoms with van der Waals surface area (Å²) in [6, 6.07) is 3.80. The van der Waals surface area contributed by atoms with Gasteiger partial charge in [0, 0.05) is 12.1 Å². The predicted octanol–water partition coefficient (Wildman–Crippen LogP) is 0.533. The molecule has 0 fully saturated rings. The zero-order chi connectivity index (χ0) is 9.42. The highest BCUT2D eigenvalue weighted by Crippen LogP contribution is 2.17. The van der Waals surface area contributed by atoms with Crippen molar-refractivity contribution in [3.8, 4) is 0 Å². The molecule has 0 unspecified atom stereocenters. The standard InChI is InChI=1S/C6H3N4O3/c11-9-6-3-4(10(12)13)1-2-5(6)7-8-9/h1-3H. The summed E-state index contributed by atoms with van der Waals surface area (Å²) < 4.78 is 0. The van der Waals surface area contributed by atoms with Gasteiger partial charge in [-0.3, -0.25) is 10.1 Å². The summed E-state index contributed by atoms with van der Waals surface area (Å²) in [6.45, 7) is 0. The Morgan fingerprint density at radius 2 is 2.23 bits per heavy atom. The summed E-state index contributed by atoms with van der Waals surface area (Å²) in [5.41, 5.74) is 0.307. The van der Waals surface area contributed by atoms with Crippen molar-refractivity contribution in [2.45, 2.75) is 0 Å². The molecule has 0 atom stereocenters. The Labute approximate surface area is 71.3 Å². The average molecular weight is 179 g/mol. The van der Waals surface area contributed by atoms with Crippen LogP contribution in [-0.2, 0) is 5.21 Å². The molecule has 1 aromatic heterocycles. The maximum atomic E-state index is 10.9. The maximum Gasteiger partial charge on any atom is 0.271 e. The zero-order valence-corrected chi connectivity index (χ0v) is 6.25. The number of benzene rings is 1. The van der Waals surface area contributed by atoms with Crippen molar-refractivity contribution in [2.24, 2.45) is 0 Å². The summed E-state index contributed by atoms with van der Waals surface area (Å²) in [6.07, 6.45) is 0. The Hall–Kier alpha value is -2.18. The molecule has 7 heteroatoms. The van der Waals surface area contributed by atoms with Gasteiger partial charge in [-0.15, -0.1) is 10.3 Å². The second kappa shape index (κ2) is 2.41. The third kappa shape index (κ3) is 1.06. The van der Waals surface area contributed by atoms with Crippen LogP contribution in [0, 0.1) is 10.1 Å². The molecule has 13 heavy (non-hydrogen) atoms. The number of nitro benzene ring substituents is 1. The number of fused-ring (bicyclic) bond motifs is 1. The molecule has 7 nitrogen and oxygen atoms in total. The van der Waals surface area contributed by atoms with Crippen LogP contribution in [0.1, 0.15) is 0 Å². The van der Waals surface area contributed by atoms with Gasteiger partial charge < -0.3 is 0 Å². The minimum absolute atomic E-state index is 0.106. The summed E-state index contributed by atoms with van der Waals surface area (Å²) in [5.74, 6) is 0. The number of non-ortho nitro benzene ring substituents is 1. The van der Waals surface area contributed by atoms with E-state index in [-0.39, 0.29) is 16.0 Å². The molecule has 0 saturated carbocycles. The maximum absolute atomic E-state index is 10.9. The second-order valence-electron chi connectivity index (χ2n) is 2.39. The molecule has 1 radical (unpaired) electrons. The van der Waals surface area contributed by atoms with Gasteiger partial charge in [-0.2, -0.15) is 0 Å². The molecule has 65 valence electrons. The minimum atomic E-state index is -0.577. The molecule has 1 heterocycles.